The summed E-state index contributed by atoms with van der Waals surface area (Å²) in [4.78, 5) is 14.4. The third-order valence-corrected chi connectivity index (χ3v) is 8.37. The first-order valence-electron chi connectivity index (χ1n) is 10.3. The Kier molecular flexibility index (Phi) is 5.26. The fraction of sp³-hybridized carbons (Fsp3) is 0.435. The third kappa shape index (κ3) is 3.38. The number of hydrogen-bond acceptors (Lipinski definition) is 5. The first-order chi connectivity index (χ1) is 14.6. The lowest BCUT2D eigenvalue weighted by atomic mass is 9.86. The molecular weight excluding hydrogens is 416 g/mol. The molecule has 0 aromatic heterocycles. The van der Waals surface area contributed by atoms with Gasteiger partial charge in [0.15, 0.2) is 0 Å². The van der Waals surface area contributed by atoms with Gasteiger partial charge >= 0.3 is 0 Å². The van der Waals surface area contributed by atoms with Crippen molar-refractivity contribution < 1.29 is 22.7 Å². The Morgan fingerprint density at radius 1 is 1.06 bits per heavy atom. The van der Waals surface area contributed by atoms with E-state index in [2.05, 4.69) is 0 Å². The van der Waals surface area contributed by atoms with Gasteiger partial charge in [0.2, 0.25) is 15.9 Å². The van der Waals surface area contributed by atoms with Crippen LogP contribution >= 0.6 is 0 Å². The standard InChI is InChI=1S/C23H28N2O5S/c1-23(2)19-13-17(7-8-20(19)24(3)22(23)26)31(27,28)25-11-10-15(14-25)18-12-16(29-4)6-9-21(18)30-5/h6-9,12-13,15H,10-11,14H2,1-5H3/t15-/m0/s1. The zero-order valence-corrected chi connectivity index (χ0v) is 19.3. The Labute approximate surface area is 183 Å². The van der Waals surface area contributed by atoms with Crippen LogP contribution in [0.25, 0.3) is 0 Å². The largest absolute Gasteiger partial charge is 0.497 e. The summed E-state index contributed by atoms with van der Waals surface area (Å²) in [5.41, 5.74) is 1.69. The molecule has 2 aliphatic rings. The lowest BCUT2D eigenvalue weighted by molar-refractivity contribution is -0.121. The zero-order chi connectivity index (χ0) is 22.6. The number of sulfonamides is 1. The van der Waals surface area contributed by atoms with E-state index in [1.54, 1.807) is 44.4 Å². The Morgan fingerprint density at radius 2 is 1.81 bits per heavy atom. The maximum absolute atomic E-state index is 13.4. The van der Waals surface area contributed by atoms with E-state index in [0.29, 0.717) is 25.3 Å². The van der Waals surface area contributed by atoms with Gasteiger partial charge in [-0.3, -0.25) is 4.79 Å². The molecule has 0 aliphatic carbocycles. The van der Waals surface area contributed by atoms with Crippen LogP contribution in [-0.2, 0) is 20.2 Å². The molecule has 2 heterocycles. The maximum Gasteiger partial charge on any atom is 0.243 e. The Balaban J connectivity index is 1.64. The number of methoxy groups -OCH3 is 2. The molecule has 2 aromatic rings. The number of carbonyl (C=O) groups is 1. The van der Waals surface area contributed by atoms with E-state index in [1.165, 1.54) is 4.31 Å². The molecule has 0 bridgehead atoms. The van der Waals surface area contributed by atoms with Crippen molar-refractivity contribution in [1.82, 2.24) is 4.31 Å². The van der Waals surface area contributed by atoms with Gasteiger partial charge < -0.3 is 14.4 Å². The minimum Gasteiger partial charge on any atom is -0.497 e. The number of ether oxygens (including phenoxy) is 2. The van der Waals surface area contributed by atoms with Gasteiger partial charge in [0, 0.05) is 37.3 Å². The molecule has 8 heteroatoms. The summed E-state index contributed by atoms with van der Waals surface area (Å²) in [6, 6.07) is 10.6. The quantitative estimate of drug-likeness (QED) is 0.708. The zero-order valence-electron chi connectivity index (χ0n) is 18.5. The lowest BCUT2D eigenvalue weighted by Gasteiger charge is -2.20. The number of fused-ring (bicyclic) bond motifs is 1. The molecule has 0 saturated carbocycles. The normalized spacial score (nSPS) is 20.7. The monoisotopic (exact) mass is 444 g/mol. The molecule has 0 radical (unpaired) electrons. The average Bonchev–Trinajstić information content (AvgIpc) is 3.33. The van der Waals surface area contributed by atoms with Crippen LogP contribution in [0.4, 0.5) is 5.69 Å². The second kappa shape index (κ2) is 7.53. The van der Waals surface area contributed by atoms with Gasteiger partial charge in [0.25, 0.3) is 0 Å². The van der Waals surface area contributed by atoms with Crippen molar-refractivity contribution in [3.8, 4) is 11.5 Å². The SMILES string of the molecule is COc1ccc(OC)c([C@H]2CCN(S(=O)(=O)c3ccc4c(c3)C(C)(C)C(=O)N4C)C2)c1. The summed E-state index contributed by atoms with van der Waals surface area (Å²) in [6.45, 7) is 4.45. The molecular formula is C23H28N2O5S. The van der Waals surface area contributed by atoms with Gasteiger partial charge in [0.05, 0.1) is 24.5 Å². The number of likely N-dealkylation sites (N-methyl/N-ethyl adjacent to an activating group) is 1. The summed E-state index contributed by atoms with van der Waals surface area (Å²) in [6.07, 6.45) is 0.695. The van der Waals surface area contributed by atoms with Crippen LogP contribution in [0, 0.1) is 0 Å². The molecule has 0 N–H and O–H groups in total. The van der Waals surface area contributed by atoms with Crippen LogP contribution in [0.5, 0.6) is 11.5 Å². The number of carbonyl (C=O) groups excluding carboxylic acids is 1. The predicted molar refractivity (Wildman–Crippen MR) is 119 cm³/mol. The van der Waals surface area contributed by atoms with Gasteiger partial charge in [-0.25, -0.2) is 8.42 Å². The van der Waals surface area contributed by atoms with E-state index in [0.717, 1.165) is 22.6 Å². The van der Waals surface area contributed by atoms with E-state index in [-0.39, 0.29) is 16.7 Å². The van der Waals surface area contributed by atoms with Gasteiger partial charge in [-0.1, -0.05) is 0 Å². The smallest absolute Gasteiger partial charge is 0.243 e. The summed E-state index contributed by atoms with van der Waals surface area (Å²) in [5.74, 6) is 1.42. The van der Waals surface area contributed by atoms with E-state index in [9.17, 15) is 13.2 Å². The fourth-order valence-corrected chi connectivity index (χ4v) is 6.15. The second-order valence-corrected chi connectivity index (χ2v) is 10.6. The molecule has 166 valence electrons. The van der Waals surface area contributed by atoms with Gasteiger partial charge in [-0.05, 0) is 62.2 Å². The molecule has 2 aromatic carbocycles. The highest BCUT2D eigenvalue weighted by atomic mass is 32.2. The van der Waals surface area contributed by atoms with Crippen molar-refractivity contribution in [3.05, 3.63) is 47.5 Å². The van der Waals surface area contributed by atoms with Crippen molar-refractivity contribution in [3.63, 3.8) is 0 Å². The number of rotatable bonds is 5. The molecule has 1 fully saturated rings. The minimum absolute atomic E-state index is 0.0124. The predicted octanol–water partition coefficient (Wildman–Crippen LogP) is 3.14. The van der Waals surface area contributed by atoms with E-state index in [4.69, 9.17) is 9.47 Å². The van der Waals surface area contributed by atoms with E-state index in [1.807, 2.05) is 32.0 Å². The molecule has 1 atom stereocenters. The molecule has 0 spiro atoms. The van der Waals surface area contributed by atoms with Gasteiger partial charge in [0.1, 0.15) is 11.5 Å². The van der Waals surface area contributed by atoms with Gasteiger partial charge in [-0.15, -0.1) is 0 Å². The number of amides is 1. The van der Waals surface area contributed by atoms with Gasteiger partial charge in [-0.2, -0.15) is 4.31 Å². The first kappa shape index (κ1) is 21.6. The highest BCUT2D eigenvalue weighted by Gasteiger charge is 2.43. The summed E-state index contributed by atoms with van der Waals surface area (Å²) >= 11 is 0. The maximum atomic E-state index is 13.4. The number of hydrogen-bond donors (Lipinski definition) is 0. The van der Waals surface area contributed by atoms with Crippen LogP contribution < -0.4 is 14.4 Å². The van der Waals surface area contributed by atoms with Crippen molar-refractivity contribution >= 4 is 21.6 Å². The van der Waals surface area contributed by atoms with Crippen molar-refractivity contribution in [1.29, 1.82) is 0 Å². The molecule has 2 aliphatic heterocycles. The van der Waals surface area contributed by atoms with Crippen LogP contribution in [-0.4, -0.2) is 53.0 Å². The minimum atomic E-state index is -3.69. The summed E-state index contributed by atoms with van der Waals surface area (Å²) in [5, 5.41) is 0. The Morgan fingerprint density at radius 3 is 2.48 bits per heavy atom. The number of anilines is 1. The molecule has 4 rings (SSSR count). The highest BCUT2D eigenvalue weighted by Crippen LogP contribution is 2.43. The fourth-order valence-electron chi connectivity index (χ4n) is 4.62. The topological polar surface area (TPSA) is 76.1 Å². The molecule has 1 saturated heterocycles. The average molecular weight is 445 g/mol. The van der Waals surface area contributed by atoms with Crippen LogP contribution in [0.3, 0.4) is 0 Å². The third-order valence-electron chi connectivity index (χ3n) is 6.51. The van der Waals surface area contributed by atoms with Crippen LogP contribution in [0.15, 0.2) is 41.3 Å². The molecule has 31 heavy (non-hydrogen) atoms. The van der Waals surface area contributed by atoms with E-state index >= 15 is 0 Å². The Hall–Kier alpha value is -2.58. The van der Waals surface area contributed by atoms with Crippen LogP contribution in [0.2, 0.25) is 0 Å². The number of nitrogens with zero attached hydrogens (tertiary/aromatic N) is 2. The highest BCUT2D eigenvalue weighted by molar-refractivity contribution is 7.89. The first-order valence-corrected chi connectivity index (χ1v) is 11.7. The lowest BCUT2D eigenvalue weighted by Crippen LogP contribution is -2.33. The molecule has 7 nitrogen and oxygen atoms in total. The van der Waals surface area contributed by atoms with Crippen LogP contribution in [0.1, 0.15) is 37.3 Å². The number of benzene rings is 2. The molecule has 0 unspecified atom stereocenters. The Bertz CT molecular complexity index is 1140. The van der Waals surface area contributed by atoms with E-state index < -0.39 is 15.4 Å². The summed E-state index contributed by atoms with van der Waals surface area (Å²) in [7, 11) is 1.24. The van der Waals surface area contributed by atoms with Crippen molar-refractivity contribution in [2.24, 2.45) is 0 Å². The molecule has 1 amide bonds. The van der Waals surface area contributed by atoms with Crippen molar-refractivity contribution in [2.45, 2.75) is 36.5 Å². The second-order valence-electron chi connectivity index (χ2n) is 8.62. The summed E-state index contributed by atoms with van der Waals surface area (Å²) < 4.78 is 39.2. The van der Waals surface area contributed by atoms with Crippen molar-refractivity contribution in [2.75, 3.05) is 39.3 Å².